The summed E-state index contributed by atoms with van der Waals surface area (Å²) in [6.07, 6.45) is 1.63. The van der Waals surface area contributed by atoms with Crippen LogP contribution in [0.25, 0.3) is 6.08 Å². The van der Waals surface area contributed by atoms with E-state index in [0.29, 0.717) is 10.9 Å². The van der Waals surface area contributed by atoms with Gasteiger partial charge in [0.25, 0.3) is 0 Å². The molecule has 68 valence electrons. The first-order valence-electron chi connectivity index (χ1n) is 3.73. The van der Waals surface area contributed by atoms with Gasteiger partial charge in [0, 0.05) is 5.33 Å². The molecule has 13 heavy (non-hydrogen) atoms. The van der Waals surface area contributed by atoms with Crippen LogP contribution in [0.3, 0.4) is 0 Å². The van der Waals surface area contributed by atoms with E-state index in [1.165, 1.54) is 0 Å². The highest BCUT2D eigenvalue weighted by atomic mass is 79.9. The van der Waals surface area contributed by atoms with Gasteiger partial charge in [-0.05, 0) is 17.2 Å². The van der Waals surface area contributed by atoms with Crippen molar-refractivity contribution in [3.8, 4) is 0 Å². The quantitative estimate of drug-likeness (QED) is 0.826. The first kappa shape index (κ1) is 9.99. The Morgan fingerprint density at radius 3 is 2.77 bits per heavy atom. The number of carboxylic acid groups (broad SMARTS) is 1. The summed E-state index contributed by atoms with van der Waals surface area (Å²) in [4.78, 5) is 10.8. The van der Waals surface area contributed by atoms with Crippen LogP contribution in [0.15, 0.2) is 24.8 Å². The second-order valence-corrected chi connectivity index (χ2v) is 3.12. The van der Waals surface area contributed by atoms with Gasteiger partial charge in [-0.3, -0.25) is 0 Å². The molecule has 0 aliphatic rings. The summed E-state index contributed by atoms with van der Waals surface area (Å²) < 4.78 is 0. The number of aromatic carboxylic acids is 1. The molecule has 0 saturated carbocycles. The maximum atomic E-state index is 10.8. The summed E-state index contributed by atoms with van der Waals surface area (Å²) in [6.45, 7) is 3.58. The third-order valence-electron chi connectivity index (χ3n) is 1.74. The first-order chi connectivity index (χ1) is 6.19. The first-order valence-corrected chi connectivity index (χ1v) is 4.85. The summed E-state index contributed by atoms with van der Waals surface area (Å²) in [6, 6.07) is 5.25. The second-order valence-electron chi connectivity index (χ2n) is 2.56. The lowest BCUT2D eigenvalue weighted by atomic mass is 10.1. The molecular weight excluding hydrogens is 232 g/mol. The Morgan fingerprint density at radius 1 is 1.62 bits per heavy atom. The van der Waals surface area contributed by atoms with Crippen molar-refractivity contribution in [1.29, 1.82) is 0 Å². The van der Waals surface area contributed by atoms with Crippen LogP contribution in [0.5, 0.6) is 0 Å². The molecular formula is C10H9BrO2. The van der Waals surface area contributed by atoms with Crippen molar-refractivity contribution in [1.82, 2.24) is 0 Å². The van der Waals surface area contributed by atoms with Crippen LogP contribution in [0.1, 0.15) is 21.5 Å². The van der Waals surface area contributed by atoms with Crippen LogP contribution < -0.4 is 0 Å². The SMILES string of the molecule is C=Cc1ccc(CBr)c(C(=O)O)c1. The summed E-state index contributed by atoms with van der Waals surface area (Å²) >= 11 is 3.23. The fourth-order valence-corrected chi connectivity index (χ4v) is 1.53. The average molecular weight is 241 g/mol. The Balaban J connectivity index is 3.25. The van der Waals surface area contributed by atoms with Gasteiger partial charge in [-0.1, -0.05) is 40.7 Å². The molecule has 0 aliphatic heterocycles. The molecule has 0 aliphatic carbocycles. The number of carboxylic acids is 1. The van der Waals surface area contributed by atoms with E-state index in [4.69, 9.17) is 5.11 Å². The maximum Gasteiger partial charge on any atom is 0.336 e. The highest BCUT2D eigenvalue weighted by molar-refractivity contribution is 9.08. The molecule has 0 unspecified atom stereocenters. The van der Waals surface area contributed by atoms with E-state index in [0.717, 1.165) is 11.1 Å². The molecule has 1 aromatic rings. The minimum Gasteiger partial charge on any atom is -0.478 e. The zero-order valence-corrected chi connectivity index (χ0v) is 8.54. The smallest absolute Gasteiger partial charge is 0.336 e. The number of hydrogen-bond donors (Lipinski definition) is 1. The van der Waals surface area contributed by atoms with Crippen molar-refractivity contribution in [2.75, 3.05) is 0 Å². The van der Waals surface area contributed by atoms with Crippen LogP contribution in [0.4, 0.5) is 0 Å². The lowest BCUT2D eigenvalue weighted by Gasteiger charge is -2.03. The predicted octanol–water partition coefficient (Wildman–Crippen LogP) is 2.92. The summed E-state index contributed by atoms with van der Waals surface area (Å²) in [5.74, 6) is -0.904. The van der Waals surface area contributed by atoms with Crippen LogP contribution in [-0.4, -0.2) is 11.1 Å². The van der Waals surface area contributed by atoms with Gasteiger partial charge in [0.1, 0.15) is 0 Å². The van der Waals surface area contributed by atoms with E-state index in [1.54, 1.807) is 18.2 Å². The average Bonchev–Trinajstić information content (AvgIpc) is 2.16. The van der Waals surface area contributed by atoms with Gasteiger partial charge < -0.3 is 5.11 Å². The van der Waals surface area contributed by atoms with Gasteiger partial charge >= 0.3 is 5.97 Å². The molecule has 1 N–H and O–H groups in total. The molecule has 3 heteroatoms. The van der Waals surface area contributed by atoms with Crippen molar-refractivity contribution >= 4 is 28.0 Å². The van der Waals surface area contributed by atoms with Gasteiger partial charge in [0.2, 0.25) is 0 Å². The number of rotatable bonds is 3. The fourth-order valence-electron chi connectivity index (χ4n) is 1.04. The molecule has 0 fully saturated rings. The summed E-state index contributed by atoms with van der Waals surface area (Å²) in [5.41, 5.74) is 1.93. The molecule has 2 nitrogen and oxygen atoms in total. The lowest BCUT2D eigenvalue weighted by molar-refractivity contribution is 0.0696. The molecule has 0 aromatic heterocycles. The second kappa shape index (κ2) is 4.23. The van der Waals surface area contributed by atoms with Gasteiger partial charge in [-0.2, -0.15) is 0 Å². The predicted molar refractivity (Wildman–Crippen MR) is 56.1 cm³/mol. The summed E-state index contributed by atoms with van der Waals surface area (Å²) in [5, 5.41) is 9.41. The van der Waals surface area contributed by atoms with Gasteiger partial charge in [0.05, 0.1) is 5.56 Å². The molecule has 1 aromatic carbocycles. The maximum absolute atomic E-state index is 10.8. The molecule has 0 amide bonds. The standard InChI is InChI=1S/C10H9BrO2/c1-2-7-3-4-8(6-11)9(5-7)10(12)13/h2-5H,1,6H2,(H,12,13). The summed E-state index contributed by atoms with van der Waals surface area (Å²) in [7, 11) is 0. The molecule has 1 rings (SSSR count). The van der Waals surface area contributed by atoms with Crippen LogP contribution in [0.2, 0.25) is 0 Å². The van der Waals surface area contributed by atoms with Crippen molar-refractivity contribution in [2.24, 2.45) is 0 Å². The zero-order valence-electron chi connectivity index (χ0n) is 6.96. The molecule has 0 atom stereocenters. The van der Waals surface area contributed by atoms with E-state index >= 15 is 0 Å². The lowest BCUT2D eigenvalue weighted by Crippen LogP contribution is -2.01. The molecule has 0 saturated heterocycles. The Labute approximate surface area is 85.0 Å². The Hall–Kier alpha value is -1.09. The number of alkyl halides is 1. The number of hydrogen-bond acceptors (Lipinski definition) is 1. The molecule has 0 heterocycles. The van der Waals surface area contributed by atoms with E-state index in [9.17, 15) is 4.79 Å². The minimum absolute atomic E-state index is 0.328. The van der Waals surface area contributed by atoms with E-state index < -0.39 is 5.97 Å². The van der Waals surface area contributed by atoms with E-state index in [-0.39, 0.29) is 0 Å². The third-order valence-corrected chi connectivity index (χ3v) is 2.35. The number of halogens is 1. The Bertz CT molecular complexity index is 345. The van der Waals surface area contributed by atoms with Gasteiger partial charge in [-0.15, -0.1) is 0 Å². The van der Waals surface area contributed by atoms with Crippen molar-refractivity contribution in [2.45, 2.75) is 5.33 Å². The normalized spacial score (nSPS) is 9.62. The Morgan fingerprint density at radius 2 is 2.31 bits per heavy atom. The molecule has 0 radical (unpaired) electrons. The largest absolute Gasteiger partial charge is 0.478 e. The Kier molecular flexibility index (Phi) is 3.25. The highest BCUT2D eigenvalue weighted by Crippen LogP contribution is 2.15. The van der Waals surface area contributed by atoms with E-state index in [1.807, 2.05) is 6.07 Å². The minimum atomic E-state index is -0.904. The molecule has 0 bridgehead atoms. The molecule has 0 spiro atoms. The van der Waals surface area contributed by atoms with E-state index in [2.05, 4.69) is 22.5 Å². The third kappa shape index (κ3) is 2.18. The monoisotopic (exact) mass is 240 g/mol. The van der Waals surface area contributed by atoms with Crippen molar-refractivity contribution in [3.05, 3.63) is 41.5 Å². The topological polar surface area (TPSA) is 37.3 Å². The zero-order chi connectivity index (χ0) is 9.84. The highest BCUT2D eigenvalue weighted by Gasteiger charge is 2.08. The van der Waals surface area contributed by atoms with Crippen LogP contribution in [0, 0.1) is 0 Å². The van der Waals surface area contributed by atoms with Gasteiger partial charge in [-0.25, -0.2) is 4.79 Å². The fraction of sp³-hybridized carbons (Fsp3) is 0.100. The number of benzene rings is 1. The van der Waals surface area contributed by atoms with Crippen molar-refractivity contribution in [3.63, 3.8) is 0 Å². The van der Waals surface area contributed by atoms with Gasteiger partial charge in [0.15, 0.2) is 0 Å². The number of carbonyl (C=O) groups is 1. The van der Waals surface area contributed by atoms with Crippen molar-refractivity contribution < 1.29 is 9.90 Å². The van der Waals surface area contributed by atoms with Crippen LogP contribution in [-0.2, 0) is 5.33 Å². The van der Waals surface area contributed by atoms with Crippen LogP contribution >= 0.6 is 15.9 Å².